The molecule has 0 saturated carbocycles. The van der Waals surface area contributed by atoms with Gasteiger partial charge in [0.05, 0.1) is 31.7 Å². The molecule has 7 heteroatoms. The minimum Gasteiger partial charge on any atom is -0.497 e. The summed E-state index contributed by atoms with van der Waals surface area (Å²) in [6, 6.07) is 17.6. The lowest BCUT2D eigenvalue weighted by atomic mass is 10.0. The first-order valence-electron chi connectivity index (χ1n) is 11.0. The molecule has 3 aromatic rings. The molecule has 2 aliphatic rings. The highest BCUT2D eigenvalue weighted by Gasteiger charge is 2.41. The van der Waals surface area contributed by atoms with Crippen LogP contribution in [0.3, 0.4) is 0 Å². The lowest BCUT2D eigenvalue weighted by molar-refractivity contribution is -0.181. The Kier molecular flexibility index (Phi) is 5.45. The van der Waals surface area contributed by atoms with Crippen LogP contribution in [0.2, 0.25) is 0 Å². The van der Waals surface area contributed by atoms with Crippen molar-refractivity contribution in [1.82, 2.24) is 14.7 Å². The van der Waals surface area contributed by atoms with Gasteiger partial charge in [-0.2, -0.15) is 5.10 Å². The van der Waals surface area contributed by atoms with E-state index in [1.54, 1.807) is 11.8 Å². The summed E-state index contributed by atoms with van der Waals surface area (Å²) in [6.07, 6.45) is 1.37. The van der Waals surface area contributed by atoms with E-state index in [1.807, 2.05) is 66.4 Å². The van der Waals surface area contributed by atoms with Crippen molar-refractivity contribution in [2.45, 2.75) is 25.6 Å². The third-order valence-electron chi connectivity index (χ3n) is 6.22. The quantitative estimate of drug-likeness (QED) is 0.626. The minimum atomic E-state index is -0.512. The Labute approximate surface area is 187 Å². The van der Waals surface area contributed by atoms with Crippen LogP contribution in [0, 0.1) is 6.92 Å². The molecule has 5 rings (SSSR count). The third kappa shape index (κ3) is 3.89. The molecule has 0 unspecified atom stereocenters. The summed E-state index contributed by atoms with van der Waals surface area (Å²) < 4.78 is 18.6. The summed E-state index contributed by atoms with van der Waals surface area (Å²) in [7, 11) is 1.64. The van der Waals surface area contributed by atoms with E-state index in [0.29, 0.717) is 44.8 Å². The smallest absolute Gasteiger partial charge is 0.272 e. The Bertz CT molecular complexity index is 1090. The standard InChI is InChI=1S/C25H27N3O4/c1-18-3-7-20(8-4-18)28-23(17-22(26-28)19-5-9-21(30-2)10-6-19)24(29)27-13-11-25(12-14-27)31-15-16-32-25/h3-10,17H,11-16H2,1-2H3. The molecule has 2 fully saturated rings. The highest BCUT2D eigenvalue weighted by atomic mass is 16.7. The van der Waals surface area contributed by atoms with Gasteiger partial charge >= 0.3 is 0 Å². The first kappa shape index (κ1) is 20.7. The maximum Gasteiger partial charge on any atom is 0.272 e. The molecule has 1 spiro atoms. The van der Waals surface area contributed by atoms with Crippen molar-refractivity contribution >= 4 is 5.91 Å². The van der Waals surface area contributed by atoms with Crippen LogP contribution in [0.15, 0.2) is 54.6 Å². The molecule has 0 radical (unpaired) electrons. The second-order valence-corrected chi connectivity index (χ2v) is 8.29. The number of benzene rings is 2. The maximum absolute atomic E-state index is 13.6. The first-order chi connectivity index (χ1) is 15.6. The van der Waals surface area contributed by atoms with Crippen LogP contribution in [0.4, 0.5) is 0 Å². The highest BCUT2D eigenvalue weighted by Crippen LogP contribution is 2.32. The second kappa shape index (κ2) is 8.41. The molecule has 0 aliphatic carbocycles. The summed E-state index contributed by atoms with van der Waals surface area (Å²) in [5, 5.41) is 4.80. The zero-order valence-corrected chi connectivity index (χ0v) is 18.4. The number of hydrogen-bond donors (Lipinski definition) is 0. The fraction of sp³-hybridized carbons (Fsp3) is 0.360. The molecule has 3 heterocycles. The molecule has 1 amide bonds. The summed E-state index contributed by atoms with van der Waals surface area (Å²) in [6.45, 7) is 4.47. The lowest BCUT2D eigenvalue weighted by Gasteiger charge is -2.37. The molecule has 7 nitrogen and oxygen atoms in total. The predicted octanol–water partition coefficient (Wildman–Crippen LogP) is 3.84. The molecule has 0 N–H and O–H groups in total. The fourth-order valence-corrected chi connectivity index (χ4v) is 4.32. The maximum atomic E-state index is 13.6. The number of carbonyl (C=O) groups is 1. The third-order valence-corrected chi connectivity index (χ3v) is 6.22. The molecular weight excluding hydrogens is 406 g/mol. The minimum absolute atomic E-state index is 0.0364. The van der Waals surface area contributed by atoms with Gasteiger partial charge in [0.1, 0.15) is 11.4 Å². The molecule has 32 heavy (non-hydrogen) atoms. The van der Waals surface area contributed by atoms with E-state index < -0.39 is 5.79 Å². The highest BCUT2D eigenvalue weighted by molar-refractivity contribution is 5.94. The zero-order chi connectivity index (χ0) is 22.1. The number of piperidine rings is 1. The van der Waals surface area contributed by atoms with E-state index in [1.165, 1.54) is 0 Å². The van der Waals surface area contributed by atoms with E-state index in [4.69, 9.17) is 19.3 Å². The number of ether oxygens (including phenoxy) is 3. The van der Waals surface area contributed by atoms with Crippen molar-refractivity contribution in [1.29, 1.82) is 0 Å². The van der Waals surface area contributed by atoms with Crippen molar-refractivity contribution < 1.29 is 19.0 Å². The summed E-state index contributed by atoms with van der Waals surface area (Å²) in [4.78, 5) is 15.4. The van der Waals surface area contributed by atoms with E-state index in [9.17, 15) is 4.79 Å². The predicted molar refractivity (Wildman–Crippen MR) is 120 cm³/mol. The average molecular weight is 434 g/mol. The number of aromatic nitrogens is 2. The SMILES string of the molecule is COc1ccc(-c2cc(C(=O)N3CCC4(CC3)OCCO4)n(-c3ccc(C)cc3)n2)cc1. The zero-order valence-electron chi connectivity index (χ0n) is 18.4. The van der Waals surface area contributed by atoms with Gasteiger partial charge in [-0.15, -0.1) is 0 Å². The molecule has 0 bridgehead atoms. The number of rotatable bonds is 4. The van der Waals surface area contributed by atoms with Crippen LogP contribution in [0.1, 0.15) is 28.9 Å². The lowest BCUT2D eigenvalue weighted by Crippen LogP contribution is -2.47. The Balaban J connectivity index is 1.47. The molecular formula is C25H27N3O4. The van der Waals surface area contributed by atoms with Gasteiger partial charge in [0.2, 0.25) is 0 Å². The Morgan fingerprint density at radius 1 is 1.00 bits per heavy atom. The fourth-order valence-electron chi connectivity index (χ4n) is 4.32. The first-order valence-corrected chi connectivity index (χ1v) is 11.0. The van der Waals surface area contributed by atoms with E-state index in [0.717, 1.165) is 28.3 Å². The van der Waals surface area contributed by atoms with Gasteiger partial charge < -0.3 is 19.1 Å². The number of likely N-dealkylation sites (tertiary alicyclic amines) is 1. The van der Waals surface area contributed by atoms with Gasteiger partial charge in [-0.1, -0.05) is 17.7 Å². The van der Waals surface area contributed by atoms with Crippen LogP contribution in [0.5, 0.6) is 5.75 Å². The van der Waals surface area contributed by atoms with Gasteiger partial charge in [-0.05, 0) is 49.4 Å². The number of aryl methyl sites for hydroxylation is 1. The monoisotopic (exact) mass is 433 g/mol. The Morgan fingerprint density at radius 3 is 2.28 bits per heavy atom. The largest absolute Gasteiger partial charge is 0.497 e. The van der Waals surface area contributed by atoms with Crippen molar-refractivity contribution in [2.24, 2.45) is 0 Å². The van der Waals surface area contributed by atoms with E-state index in [2.05, 4.69) is 0 Å². The Morgan fingerprint density at radius 2 is 1.66 bits per heavy atom. The summed E-state index contributed by atoms with van der Waals surface area (Å²) >= 11 is 0. The number of carbonyl (C=O) groups excluding carboxylic acids is 1. The van der Waals surface area contributed by atoms with Gasteiger partial charge in [-0.25, -0.2) is 4.68 Å². The summed E-state index contributed by atoms with van der Waals surface area (Å²) in [5.74, 6) is 0.231. The molecule has 2 saturated heterocycles. The van der Waals surface area contributed by atoms with Gasteiger partial charge in [-0.3, -0.25) is 4.79 Å². The average Bonchev–Trinajstić information content (AvgIpc) is 3.48. The number of nitrogens with zero attached hydrogens (tertiary/aromatic N) is 3. The Hall–Kier alpha value is -3.16. The van der Waals surface area contributed by atoms with E-state index >= 15 is 0 Å². The number of hydrogen-bond acceptors (Lipinski definition) is 5. The van der Waals surface area contributed by atoms with Crippen LogP contribution < -0.4 is 4.74 Å². The van der Waals surface area contributed by atoms with Crippen LogP contribution in [0.25, 0.3) is 16.9 Å². The van der Waals surface area contributed by atoms with Crippen molar-refractivity contribution in [2.75, 3.05) is 33.4 Å². The van der Waals surface area contributed by atoms with Gasteiger partial charge in [0.15, 0.2) is 5.79 Å². The number of amides is 1. The van der Waals surface area contributed by atoms with Crippen LogP contribution >= 0.6 is 0 Å². The van der Waals surface area contributed by atoms with Crippen molar-refractivity contribution in [3.63, 3.8) is 0 Å². The van der Waals surface area contributed by atoms with Crippen LogP contribution in [-0.4, -0.2) is 59.8 Å². The van der Waals surface area contributed by atoms with Crippen molar-refractivity contribution in [3.8, 4) is 22.7 Å². The molecule has 0 atom stereocenters. The molecule has 1 aromatic heterocycles. The second-order valence-electron chi connectivity index (χ2n) is 8.29. The summed E-state index contributed by atoms with van der Waals surface area (Å²) in [5.41, 5.74) is 4.23. The molecule has 2 aliphatic heterocycles. The van der Waals surface area contributed by atoms with Gasteiger partial charge in [0, 0.05) is 31.5 Å². The van der Waals surface area contributed by atoms with Crippen molar-refractivity contribution in [3.05, 3.63) is 65.9 Å². The molecule has 166 valence electrons. The van der Waals surface area contributed by atoms with Crippen LogP contribution in [-0.2, 0) is 9.47 Å². The van der Waals surface area contributed by atoms with E-state index in [-0.39, 0.29) is 5.91 Å². The topological polar surface area (TPSA) is 65.8 Å². The molecule has 2 aromatic carbocycles. The number of methoxy groups -OCH3 is 1. The normalized spacial score (nSPS) is 17.6. The van der Waals surface area contributed by atoms with Gasteiger partial charge in [0.25, 0.3) is 5.91 Å².